The zero-order valence-corrected chi connectivity index (χ0v) is 9.87. The van der Waals surface area contributed by atoms with Gasteiger partial charge in [-0.1, -0.05) is 18.2 Å². The summed E-state index contributed by atoms with van der Waals surface area (Å²) >= 11 is 0. The lowest BCUT2D eigenvalue weighted by atomic mass is 10.0. The van der Waals surface area contributed by atoms with Gasteiger partial charge in [-0.05, 0) is 6.07 Å². The van der Waals surface area contributed by atoms with Gasteiger partial charge in [0.1, 0.15) is 5.54 Å². The van der Waals surface area contributed by atoms with Crippen molar-refractivity contribution < 1.29 is 15.3 Å². The fraction of sp³-hybridized carbons (Fsp3) is 0.308. The van der Waals surface area contributed by atoms with E-state index in [9.17, 15) is 15.3 Å². The molecule has 4 N–H and O–H groups in total. The first-order valence-electron chi connectivity index (χ1n) is 5.68. The van der Waals surface area contributed by atoms with Gasteiger partial charge in [0, 0.05) is 28.9 Å². The Kier molecular flexibility index (Phi) is 3.76. The topological polar surface area (TPSA) is 88.8 Å². The molecule has 0 aliphatic rings. The van der Waals surface area contributed by atoms with Crippen molar-refractivity contribution in [3.63, 3.8) is 0 Å². The average Bonchev–Trinajstić information content (AvgIpc) is 2.85. The van der Waals surface area contributed by atoms with Gasteiger partial charge in [-0.15, -0.1) is 0 Å². The maximum absolute atomic E-state index is 9.18. The molecule has 0 aliphatic heterocycles. The predicted octanol–water partition coefficient (Wildman–Crippen LogP) is 0.302. The van der Waals surface area contributed by atoms with Gasteiger partial charge in [0.2, 0.25) is 0 Å². The van der Waals surface area contributed by atoms with Crippen molar-refractivity contribution in [2.75, 3.05) is 19.8 Å². The molecule has 0 radical (unpaired) electrons. The lowest BCUT2D eigenvalue weighted by Gasteiger charge is -2.21. The maximum atomic E-state index is 9.18. The number of para-hydroxylation sites is 1. The second-order valence-electron chi connectivity index (χ2n) is 4.25. The fourth-order valence-corrected chi connectivity index (χ4v) is 1.68. The van der Waals surface area contributed by atoms with Crippen molar-refractivity contribution in [1.82, 2.24) is 4.98 Å². The number of nitrogens with one attached hydrogen (secondary N) is 1. The van der Waals surface area contributed by atoms with Gasteiger partial charge in [-0.25, -0.2) is 0 Å². The minimum atomic E-state index is -1.22. The monoisotopic (exact) mass is 248 g/mol. The van der Waals surface area contributed by atoms with Gasteiger partial charge < -0.3 is 20.3 Å². The molecule has 0 atom stereocenters. The van der Waals surface area contributed by atoms with Crippen LogP contribution in [-0.4, -0.2) is 51.9 Å². The Morgan fingerprint density at radius 3 is 2.44 bits per heavy atom. The number of aliphatic hydroxyl groups is 3. The van der Waals surface area contributed by atoms with E-state index < -0.39 is 25.4 Å². The minimum absolute atomic E-state index is 0.404. The lowest BCUT2D eigenvalue weighted by molar-refractivity contribution is 0.0718. The van der Waals surface area contributed by atoms with Crippen LogP contribution in [0.25, 0.3) is 10.9 Å². The molecule has 96 valence electrons. The molecular formula is C13H16N2O3. The van der Waals surface area contributed by atoms with Crippen LogP contribution >= 0.6 is 0 Å². The van der Waals surface area contributed by atoms with Gasteiger partial charge in [-0.2, -0.15) is 0 Å². The summed E-state index contributed by atoms with van der Waals surface area (Å²) in [4.78, 5) is 7.21. The number of nitrogens with zero attached hydrogens (tertiary/aromatic N) is 1. The van der Waals surface area contributed by atoms with Crippen LogP contribution in [0, 0.1) is 0 Å². The molecular weight excluding hydrogens is 232 g/mol. The van der Waals surface area contributed by atoms with E-state index in [1.165, 1.54) is 0 Å². The summed E-state index contributed by atoms with van der Waals surface area (Å²) in [6, 6.07) is 7.75. The number of hydrogen-bond donors (Lipinski definition) is 4. The smallest absolute Gasteiger partial charge is 0.129 e. The number of benzene rings is 1. The number of rotatable bonds is 5. The third kappa shape index (κ3) is 2.28. The van der Waals surface area contributed by atoms with Crippen molar-refractivity contribution in [1.29, 1.82) is 0 Å². The SMILES string of the molecule is OCC(CO)(CO)N=Cc1c[nH]c2ccccc12. The summed E-state index contributed by atoms with van der Waals surface area (Å²) in [7, 11) is 0. The maximum Gasteiger partial charge on any atom is 0.129 e. The number of fused-ring (bicyclic) bond motifs is 1. The average molecular weight is 248 g/mol. The molecule has 0 spiro atoms. The molecule has 1 aromatic carbocycles. The first-order valence-corrected chi connectivity index (χ1v) is 5.68. The van der Waals surface area contributed by atoms with E-state index in [2.05, 4.69) is 9.98 Å². The predicted molar refractivity (Wildman–Crippen MR) is 69.9 cm³/mol. The normalized spacial score (nSPS) is 12.6. The second-order valence-corrected chi connectivity index (χ2v) is 4.25. The molecule has 0 saturated heterocycles. The van der Waals surface area contributed by atoms with E-state index in [4.69, 9.17) is 0 Å². The third-order valence-corrected chi connectivity index (χ3v) is 2.98. The van der Waals surface area contributed by atoms with Crippen molar-refractivity contribution in [2.24, 2.45) is 4.99 Å². The Labute approximate surface area is 104 Å². The van der Waals surface area contributed by atoms with Crippen LogP contribution in [0.1, 0.15) is 5.56 Å². The highest BCUT2D eigenvalue weighted by molar-refractivity contribution is 5.99. The molecule has 5 nitrogen and oxygen atoms in total. The van der Waals surface area contributed by atoms with Crippen LogP contribution in [0.5, 0.6) is 0 Å². The first-order chi connectivity index (χ1) is 8.74. The number of hydrogen-bond acceptors (Lipinski definition) is 4. The molecule has 0 bridgehead atoms. The largest absolute Gasteiger partial charge is 0.394 e. The highest BCUT2D eigenvalue weighted by Gasteiger charge is 2.26. The third-order valence-electron chi connectivity index (χ3n) is 2.98. The Morgan fingerprint density at radius 1 is 1.11 bits per heavy atom. The lowest BCUT2D eigenvalue weighted by Crippen LogP contribution is -2.39. The molecule has 0 unspecified atom stereocenters. The highest BCUT2D eigenvalue weighted by atomic mass is 16.3. The Bertz CT molecular complexity index is 536. The van der Waals surface area contributed by atoms with Crippen molar-refractivity contribution in [2.45, 2.75) is 5.54 Å². The molecule has 18 heavy (non-hydrogen) atoms. The van der Waals surface area contributed by atoms with E-state index in [0.29, 0.717) is 0 Å². The number of aromatic nitrogens is 1. The zero-order valence-electron chi connectivity index (χ0n) is 9.87. The quantitative estimate of drug-likeness (QED) is 0.574. The number of aliphatic hydroxyl groups excluding tert-OH is 3. The summed E-state index contributed by atoms with van der Waals surface area (Å²) in [6.07, 6.45) is 3.35. The standard InChI is InChI=1S/C13H16N2O3/c16-7-13(8-17,9-18)15-6-10-5-14-12-4-2-1-3-11(10)12/h1-6,14,16-18H,7-9H2. The number of H-pyrrole nitrogens is 1. The Hall–Kier alpha value is -1.69. The van der Waals surface area contributed by atoms with Gasteiger partial charge in [0.25, 0.3) is 0 Å². The van der Waals surface area contributed by atoms with Crippen molar-refractivity contribution in [3.8, 4) is 0 Å². The summed E-state index contributed by atoms with van der Waals surface area (Å²) < 4.78 is 0. The molecule has 0 amide bonds. The molecule has 2 rings (SSSR count). The van der Waals surface area contributed by atoms with Crippen LogP contribution in [0.15, 0.2) is 35.5 Å². The zero-order chi connectivity index (χ0) is 13.0. The van der Waals surface area contributed by atoms with Crippen LogP contribution in [0.2, 0.25) is 0 Å². The molecule has 0 fully saturated rings. The van der Waals surface area contributed by atoms with Crippen LogP contribution in [-0.2, 0) is 0 Å². The van der Waals surface area contributed by atoms with Gasteiger partial charge in [0.15, 0.2) is 0 Å². The van der Waals surface area contributed by atoms with Crippen molar-refractivity contribution >= 4 is 17.1 Å². The van der Waals surface area contributed by atoms with E-state index in [-0.39, 0.29) is 0 Å². The second kappa shape index (κ2) is 5.30. The molecule has 0 aliphatic carbocycles. The Morgan fingerprint density at radius 2 is 1.78 bits per heavy atom. The van der Waals surface area contributed by atoms with Gasteiger partial charge in [-0.3, -0.25) is 4.99 Å². The molecule has 2 aromatic rings. The van der Waals surface area contributed by atoms with Crippen LogP contribution < -0.4 is 0 Å². The summed E-state index contributed by atoms with van der Waals surface area (Å²) in [5.41, 5.74) is 0.616. The van der Waals surface area contributed by atoms with E-state index in [1.807, 2.05) is 24.3 Å². The number of aliphatic imine (C=N–C) groups is 1. The Balaban J connectivity index is 2.33. The number of aromatic amines is 1. The van der Waals surface area contributed by atoms with Crippen LogP contribution in [0.3, 0.4) is 0 Å². The molecule has 5 heteroatoms. The van der Waals surface area contributed by atoms with Gasteiger partial charge >= 0.3 is 0 Å². The van der Waals surface area contributed by atoms with E-state index >= 15 is 0 Å². The molecule has 0 saturated carbocycles. The first kappa shape index (κ1) is 12.8. The summed E-state index contributed by atoms with van der Waals surface area (Å²) in [5.74, 6) is 0. The minimum Gasteiger partial charge on any atom is -0.394 e. The fourth-order valence-electron chi connectivity index (χ4n) is 1.68. The van der Waals surface area contributed by atoms with Gasteiger partial charge in [0.05, 0.1) is 19.8 Å². The highest BCUT2D eigenvalue weighted by Crippen LogP contribution is 2.17. The van der Waals surface area contributed by atoms with Crippen molar-refractivity contribution in [3.05, 3.63) is 36.0 Å². The molecule has 1 aromatic heterocycles. The van der Waals surface area contributed by atoms with E-state index in [0.717, 1.165) is 16.5 Å². The summed E-state index contributed by atoms with van der Waals surface area (Å²) in [5, 5.41) is 28.5. The summed E-state index contributed by atoms with van der Waals surface area (Å²) in [6.45, 7) is -1.21. The van der Waals surface area contributed by atoms with E-state index in [1.54, 1.807) is 12.4 Å². The van der Waals surface area contributed by atoms with Crippen LogP contribution in [0.4, 0.5) is 0 Å². The molecule has 1 heterocycles.